The lowest BCUT2D eigenvalue weighted by molar-refractivity contribution is -0.112. The van der Waals surface area contributed by atoms with Crippen molar-refractivity contribution in [1.82, 2.24) is 19.4 Å². The molecular weight excluding hydrogens is 490 g/mol. The van der Waals surface area contributed by atoms with Crippen LogP contribution in [0.4, 0.5) is 11.5 Å². The van der Waals surface area contributed by atoms with Crippen molar-refractivity contribution in [3.63, 3.8) is 0 Å². The smallest absolute Gasteiger partial charge is 0.254 e. The summed E-state index contributed by atoms with van der Waals surface area (Å²) >= 11 is 0. The van der Waals surface area contributed by atoms with Crippen molar-refractivity contribution < 1.29 is 9.59 Å². The Bertz CT molecular complexity index is 1600. The number of rotatable bonds is 6. The highest BCUT2D eigenvalue weighted by atomic mass is 16.2. The SMILES string of the molecule is C=C(C)C(=O)Nc1ccc(-c2c(-c3ccc(C(=O)N4CCC[C@H]4C=NC)cc3)c3c(N)ncnc3n2C)cc1. The molecule has 9 heteroatoms. The number of hydrogen-bond acceptors (Lipinski definition) is 6. The molecule has 5 rings (SSSR count). The van der Waals surface area contributed by atoms with Crippen molar-refractivity contribution in [1.29, 1.82) is 0 Å². The number of aromatic nitrogens is 3. The standard InChI is InChI=1S/C30H31N7O2/c1-18(2)29(38)35-22-13-11-20(12-14-22)26-24(25-27(31)33-17-34-28(25)36(26)4)19-7-9-21(10-8-19)30(39)37-15-5-6-23(37)16-32-3/h7-14,16-17,23H,1,5-6,15H2,2-4H3,(H,35,38)(H2,31,33,34)/t23-/m0/s1. The summed E-state index contributed by atoms with van der Waals surface area (Å²) in [7, 11) is 3.67. The van der Waals surface area contributed by atoms with Crippen molar-refractivity contribution in [3.05, 3.63) is 72.6 Å². The van der Waals surface area contributed by atoms with E-state index in [0.717, 1.165) is 47.2 Å². The summed E-state index contributed by atoms with van der Waals surface area (Å²) in [6.07, 6.45) is 5.19. The predicted octanol–water partition coefficient (Wildman–Crippen LogP) is 4.70. The number of anilines is 2. The molecule has 3 heterocycles. The molecule has 3 N–H and O–H groups in total. The minimum absolute atomic E-state index is 0.00247. The first kappa shape index (κ1) is 25.8. The number of fused-ring (bicyclic) bond motifs is 1. The Morgan fingerprint density at radius 1 is 1.10 bits per heavy atom. The van der Waals surface area contributed by atoms with E-state index < -0.39 is 0 Å². The van der Waals surface area contributed by atoms with Crippen molar-refractivity contribution in [2.24, 2.45) is 12.0 Å². The molecule has 0 unspecified atom stereocenters. The monoisotopic (exact) mass is 521 g/mol. The van der Waals surface area contributed by atoms with Crippen LogP contribution in [0.2, 0.25) is 0 Å². The van der Waals surface area contributed by atoms with Gasteiger partial charge in [0.15, 0.2) is 0 Å². The van der Waals surface area contributed by atoms with Crippen LogP contribution in [0.5, 0.6) is 0 Å². The minimum Gasteiger partial charge on any atom is -0.383 e. The number of nitrogens with two attached hydrogens (primary N) is 1. The maximum Gasteiger partial charge on any atom is 0.254 e. The van der Waals surface area contributed by atoms with Crippen LogP contribution in [0, 0.1) is 0 Å². The minimum atomic E-state index is -0.229. The lowest BCUT2D eigenvalue weighted by Gasteiger charge is -2.21. The third kappa shape index (κ3) is 4.79. The fourth-order valence-electron chi connectivity index (χ4n) is 5.16. The Kier molecular flexibility index (Phi) is 6.98. The maximum atomic E-state index is 13.3. The number of likely N-dealkylation sites (tertiary alicyclic amines) is 1. The summed E-state index contributed by atoms with van der Waals surface area (Å²) in [5, 5.41) is 3.58. The van der Waals surface area contributed by atoms with Gasteiger partial charge in [-0.05, 0) is 55.2 Å². The van der Waals surface area contributed by atoms with E-state index in [-0.39, 0.29) is 17.9 Å². The quantitative estimate of drug-likeness (QED) is 0.282. The van der Waals surface area contributed by atoms with E-state index >= 15 is 0 Å². The third-order valence-electron chi connectivity index (χ3n) is 7.10. The number of amides is 2. The van der Waals surface area contributed by atoms with E-state index in [1.807, 2.05) is 71.3 Å². The first-order valence-corrected chi connectivity index (χ1v) is 12.8. The summed E-state index contributed by atoms with van der Waals surface area (Å²) < 4.78 is 1.99. The molecule has 0 spiro atoms. The molecule has 0 saturated carbocycles. The van der Waals surface area contributed by atoms with Crippen LogP contribution in [0.1, 0.15) is 30.1 Å². The largest absolute Gasteiger partial charge is 0.383 e. The van der Waals surface area contributed by atoms with Gasteiger partial charge in [0.1, 0.15) is 17.8 Å². The van der Waals surface area contributed by atoms with E-state index in [4.69, 9.17) is 5.73 Å². The van der Waals surface area contributed by atoms with Crippen LogP contribution in [0.25, 0.3) is 33.4 Å². The fraction of sp³-hybridized carbons (Fsp3) is 0.233. The summed E-state index contributed by atoms with van der Waals surface area (Å²) in [4.78, 5) is 40.1. The van der Waals surface area contributed by atoms with Crippen LogP contribution in [0.15, 0.2) is 72.0 Å². The molecule has 0 aliphatic carbocycles. The van der Waals surface area contributed by atoms with Crippen molar-refractivity contribution in [2.45, 2.75) is 25.8 Å². The van der Waals surface area contributed by atoms with Gasteiger partial charge in [0, 0.05) is 49.2 Å². The number of benzene rings is 2. The average Bonchev–Trinajstić information content (AvgIpc) is 3.52. The Labute approximate surface area is 227 Å². The number of nitrogens with zero attached hydrogens (tertiary/aromatic N) is 5. The second-order valence-corrected chi connectivity index (χ2v) is 9.74. The molecule has 2 aromatic heterocycles. The molecule has 9 nitrogen and oxygen atoms in total. The maximum absolute atomic E-state index is 13.3. The van der Waals surface area contributed by atoms with Gasteiger partial charge in [-0.25, -0.2) is 9.97 Å². The van der Waals surface area contributed by atoms with Gasteiger partial charge in [-0.15, -0.1) is 0 Å². The Morgan fingerprint density at radius 2 is 1.79 bits per heavy atom. The first-order valence-electron chi connectivity index (χ1n) is 12.8. The van der Waals surface area contributed by atoms with Gasteiger partial charge in [-0.2, -0.15) is 0 Å². The first-order chi connectivity index (χ1) is 18.8. The fourth-order valence-corrected chi connectivity index (χ4v) is 5.16. The Hall–Kier alpha value is -4.79. The van der Waals surface area contributed by atoms with Gasteiger partial charge in [-0.3, -0.25) is 14.6 Å². The second-order valence-electron chi connectivity index (χ2n) is 9.74. The van der Waals surface area contributed by atoms with Gasteiger partial charge in [0.25, 0.3) is 11.8 Å². The van der Waals surface area contributed by atoms with E-state index in [1.54, 1.807) is 14.0 Å². The number of aliphatic imine (C=N–C) groups is 1. The predicted molar refractivity (Wildman–Crippen MR) is 156 cm³/mol. The number of carbonyl (C=O) groups is 2. The van der Waals surface area contributed by atoms with Crippen LogP contribution in [0.3, 0.4) is 0 Å². The lowest BCUT2D eigenvalue weighted by atomic mass is 9.97. The lowest BCUT2D eigenvalue weighted by Crippen LogP contribution is -2.36. The molecule has 0 radical (unpaired) electrons. The van der Waals surface area contributed by atoms with Gasteiger partial charge < -0.3 is 20.5 Å². The van der Waals surface area contributed by atoms with Crippen LogP contribution >= 0.6 is 0 Å². The zero-order valence-electron chi connectivity index (χ0n) is 22.3. The molecule has 2 aromatic carbocycles. The summed E-state index contributed by atoms with van der Waals surface area (Å²) in [6, 6.07) is 15.2. The third-order valence-corrected chi connectivity index (χ3v) is 7.10. The van der Waals surface area contributed by atoms with E-state index in [0.29, 0.717) is 28.3 Å². The number of aryl methyl sites for hydroxylation is 1. The molecule has 39 heavy (non-hydrogen) atoms. The molecular formula is C30H31N7O2. The highest BCUT2D eigenvalue weighted by Crippen LogP contribution is 2.41. The van der Waals surface area contributed by atoms with Crippen molar-refractivity contribution >= 4 is 40.6 Å². The number of hydrogen-bond donors (Lipinski definition) is 2. The molecule has 1 fully saturated rings. The van der Waals surface area contributed by atoms with Crippen molar-refractivity contribution in [2.75, 3.05) is 24.6 Å². The Morgan fingerprint density at radius 3 is 2.46 bits per heavy atom. The summed E-state index contributed by atoms with van der Waals surface area (Å²) in [5.74, 6) is 0.145. The number of carbonyl (C=O) groups excluding carboxylic acids is 2. The topological polar surface area (TPSA) is 118 Å². The zero-order valence-corrected chi connectivity index (χ0v) is 22.3. The molecule has 1 aliphatic rings. The van der Waals surface area contributed by atoms with Crippen LogP contribution < -0.4 is 11.1 Å². The highest BCUT2D eigenvalue weighted by Gasteiger charge is 2.28. The molecule has 0 bridgehead atoms. The molecule has 1 saturated heterocycles. The van der Waals surface area contributed by atoms with Gasteiger partial charge in [0.2, 0.25) is 0 Å². The molecule has 2 amide bonds. The van der Waals surface area contributed by atoms with Crippen LogP contribution in [-0.2, 0) is 11.8 Å². The van der Waals surface area contributed by atoms with Gasteiger partial charge in [0.05, 0.1) is 17.1 Å². The normalized spacial score (nSPS) is 15.3. The average molecular weight is 522 g/mol. The summed E-state index contributed by atoms with van der Waals surface area (Å²) in [5.41, 5.74) is 12.4. The highest BCUT2D eigenvalue weighted by molar-refractivity contribution is 6.08. The molecule has 1 atom stereocenters. The molecule has 1 aliphatic heterocycles. The second kappa shape index (κ2) is 10.5. The van der Waals surface area contributed by atoms with Crippen LogP contribution in [-0.4, -0.2) is 57.1 Å². The molecule has 198 valence electrons. The zero-order chi connectivity index (χ0) is 27.7. The molecule has 4 aromatic rings. The van der Waals surface area contributed by atoms with E-state index in [1.165, 1.54) is 6.33 Å². The number of nitrogens with one attached hydrogen (secondary N) is 1. The van der Waals surface area contributed by atoms with E-state index in [9.17, 15) is 9.59 Å². The summed E-state index contributed by atoms with van der Waals surface area (Å²) in [6.45, 7) is 6.08. The van der Waals surface area contributed by atoms with Crippen molar-refractivity contribution in [3.8, 4) is 22.4 Å². The van der Waals surface area contributed by atoms with Gasteiger partial charge in [-0.1, -0.05) is 30.8 Å². The van der Waals surface area contributed by atoms with E-state index in [2.05, 4.69) is 26.9 Å². The van der Waals surface area contributed by atoms with Gasteiger partial charge >= 0.3 is 0 Å². The number of nitrogen functional groups attached to an aromatic ring is 1. The Balaban J connectivity index is 1.56.